The van der Waals surface area contributed by atoms with Crippen LogP contribution >= 0.6 is 0 Å². The maximum Gasteiger partial charge on any atom is 0.136 e. The van der Waals surface area contributed by atoms with Gasteiger partial charge in [0.2, 0.25) is 0 Å². The van der Waals surface area contributed by atoms with Gasteiger partial charge in [-0.2, -0.15) is 0 Å². The Morgan fingerprint density at radius 2 is 2.00 bits per heavy atom. The van der Waals surface area contributed by atoms with E-state index >= 15 is 0 Å². The Labute approximate surface area is 128 Å². The summed E-state index contributed by atoms with van der Waals surface area (Å²) in [4.78, 5) is 12.7. The highest BCUT2D eigenvalue weighted by Crippen LogP contribution is 2.53. The molecule has 0 spiro atoms. The van der Waals surface area contributed by atoms with E-state index in [1.165, 1.54) is 11.1 Å². The SMILES string of the molecule is C=C(C)[C@H]1CC(=O)[C@H](C)[C@@H]2CCC(C)=C3[C@@H]2[C@@H](O)CC[C@@H]31. The summed E-state index contributed by atoms with van der Waals surface area (Å²) in [5, 5.41) is 10.6. The summed E-state index contributed by atoms with van der Waals surface area (Å²) < 4.78 is 0. The standard InChI is InChI=1S/C19H28O2/c1-10(2)15-9-17(21)12(4)13-6-5-11(3)18-14(15)7-8-16(20)19(13)18/h12-16,19-20H,1,5-9H2,2-4H3/t12-,13+,14-,15-,16+,19+/m1/s1. The average Bonchev–Trinajstić information content (AvgIpc) is 2.44. The Morgan fingerprint density at radius 1 is 1.29 bits per heavy atom. The van der Waals surface area contributed by atoms with Crippen LogP contribution in [0.5, 0.6) is 0 Å². The quantitative estimate of drug-likeness (QED) is 0.743. The molecule has 3 aliphatic carbocycles. The van der Waals surface area contributed by atoms with Crippen LogP contribution in [0.3, 0.4) is 0 Å². The fraction of sp³-hybridized carbons (Fsp3) is 0.737. The van der Waals surface area contributed by atoms with Gasteiger partial charge in [0.1, 0.15) is 5.78 Å². The van der Waals surface area contributed by atoms with Crippen molar-refractivity contribution in [1.29, 1.82) is 0 Å². The number of hydrogen-bond acceptors (Lipinski definition) is 2. The second-order valence-electron chi connectivity index (χ2n) is 7.63. The minimum atomic E-state index is -0.254. The van der Waals surface area contributed by atoms with Gasteiger partial charge in [0.25, 0.3) is 0 Å². The highest BCUT2D eigenvalue weighted by atomic mass is 16.3. The molecule has 0 radical (unpaired) electrons. The normalized spacial score (nSPS) is 43.3. The van der Waals surface area contributed by atoms with Crippen molar-refractivity contribution in [3.05, 3.63) is 23.3 Å². The molecule has 3 rings (SSSR count). The van der Waals surface area contributed by atoms with Gasteiger partial charge >= 0.3 is 0 Å². The second-order valence-corrected chi connectivity index (χ2v) is 7.63. The second kappa shape index (κ2) is 5.39. The zero-order valence-electron chi connectivity index (χ0n) is 13.6. The van der Waals surface area contributed by atoms with E-state index in [0.29, 0.717) is 24.0 Å². The van der Waals surface area contributed by atoms with Gasteiger partial charge in [0.15, 0.2) is 0 Å². The van der Waals surface area contributed by atoms with Gasteiger partial charge in [-0.15, -0.1) is 0 Å². The highest BCUT2D eigenvalue weighted by molar-refractivity contribution is 5.82. The van der Waals surface area contributed by atoms with Crippen molar-refractivity contribution < 1.29 is 9.90 Å². The zero-order chi connectivity index (χ0) is 15.3. The number of rotatable bonds is 1. The lowest BCUT2D eigenvalue weighted by Crippen LogP contribution is -2.47. The number of ketones is 1. The molecule has 0 unspecified atom stereocenters. The monoisotopic (exact) mass is 288 g/mol. The Kier molecular flexibility index (Phi) is 3.85. The minimum absolute atomic E-state index is 0.0775. The molecule has 2 saturated carbocycles. The van der Waals surface area contributed by atoms with Crippen molar-refractivity contribution >= 4 is 5.78 Å². The lowest BCUT2D eigenvalue weighted by Gasteiger charge is -2.50. The maximum absolute atomic E-state index is 12.7. The van der Waals surface area contributed by atoms with Crippen LogP contribution in [-0.4, -0.2) is 17.0 Å². The van der Waals surface area contributed by atoms with Crippen molar-refractivity contribution in [1.82, 2.24) is 0 Å². The van der Waals surface area contributed by atoms with E-state index in [1.807, 2.05) is 0 Å². The predicted molar refractivity (Wildman–Crippen MR) is 84.7 cm³/mol. The summed E-state index contributed by atoms with van der Waals surface area (Å²) >= 11 is 0. The first-order valence-electron chi connectivity index (χ1n) is 8.47. The molecule has 0 aromatic rings. The highest BCUT2D eigenvalue weighted by Gasteiger charge is 2.48. The van der Waals surface area contributed by atoms with Crippen molar-refractivity contribution in [3.8, 4) is 0 Å². The molecule has 4 bridgehead atoms. The van der Waals surface area contributed by atoms with Crippen LogP contribution in [0.4, 0.5) is 0 Å². The van der Waals surface area contributed by atoms with Gasteiger partial charge in [0.05, 0.1) is 6.10 Å². The van der Waals surface area contributed by atoms with Crippen molar-refractivity contribution in [2.75, 3.05) is 0 Å². The minimum Gasteiger partial charge on any atom is -0.392 e. The molecule has 0 aromatic carbocycles. The number of hydrogen-bond donors (Lipinski definition) is 1. The summed E-state index contributed by atoms with van der Waals surface area (Å²) in [5.41, 5.74) is 4.12. The summed E-state index contributed by atoms with van der Waals surface area (Å²) in [6.07, 6.45) is 4.45. The largest absolute Gasteiger partial charge is 0.392 e. The smallest absolute Gasteiger partial charge is 0.136 e. The fourth-order valence-corrected chi connectivity index (χ4v) is 5.24. The molecular weight excluding hydrogens is 260 g/mol. The van der Waals surface area contributed by atoms with E-state index in [0.717, 1.165) is 31.3 Å². The molecule has 3 aliphatic rings. The number of aliphatic hydroxyl groups excluding tert-OH is 1. The lowest BCUT2D eigenvalue weighted by atomic mass is 9.55. The zero-order valence-corrected chi connectivity index (χ0v) is 13.6. The number of Topliss-reactive ketones (excluding diaryl/α,β-unsaturated/α-hetero) is 1. The average molecular weight is 288 g/mol. The summed E-state index contributed by atoms with van der Waals surface area (Å²) in [6, 6.07) is 0. The molecule has 0 amide bonds. The Hall–Kier alpha value is -0.890. The van der Waals surface area contributed by atoms with E-state index in [1.54, 1.807) is 0 Å². The van der Waals surface area contributed by atoms with E-state index in [-0.39, 0.29) is 23.9 Å². The number of allylic oxidation sites excluding steroid dienone is 2. The fourth-order valence-electron chi connectivity index (χ4n) is 5.24. The molecule has 1 N–H and O–H groups in total. The summed E-state index contributed by atoms with van der Waals surface area (Å²) in [6.45, 7) is 10.6. The first kappa shape index (κ1) is 15.0. The summed E-state index contributed by atoms with van der Waals surface area (Å²) in [5.74, 6) is 1.75. The van der Waals surface area contributed by atoms with Crippen LogP contribution < -0.4 is 0 Å². The van der Waals surface area contributed by atoms with Crippen molar-refractivity contribution in [3.63, 3.8) is 0 Å². The van der Waals surface area contributed by atoms with Crippen LogP contribution in [0, 0.1) is 29.6 Å². The Balaban J connectivity index is 2.13. The van der Waals surface area contributed by atoms with Gasteiger partial charge in [-0.05, 0) is 57.3 Å². The Bertz CT molecular complexity index is 502. The van der Waals surface area contributed by atoms with Gasteiger partial charge in [-0.25, -0.2) is 0 Å². The van der Waals surface area contributed by atoms with Crippen molar-refractivity contribution in [2.45, 2.75) is 59.0 Å². The number of aliphatic hydroxyl groups is 1. The van der Waals surface area contributed by atoms with E-state index in [2.05, 4.69) is 27.4 Å². The molecule has 6 atom stereocenters. The van der Waals surface area contributed by atoms with Crippen LogP contribution in [0.15, 0.2) is 23.3 Å². The van der Waals surface area contributed by atoms with Gasteiger partial charge in [-0.1, -0.05) is 30.2 Å². The molecule has 2 fully saturated rings. The third-order valence-electron chi connectivity index (χ3n) is 6.44. The molecule has 0 aromatic heterocycles. The predicted octanol–water partition coefficient (Wildman–Crippen LogP) is 3.90. The molecule has 21 heavy (non-hydrogen) atoms. The third kappa shape index (κ3) is 2.32. The Morgan fingerprint density at radius 3 is 2.67 bits per heavy atom. The van der Waals surface area contributed by atoms with Crippen molar-refractivity contribution in [2.24, 2.45) is 29.6 Å². The molecular formula is C19H28O2. The van der Waals surface area contributed by atoms with Crippen LogP contribution in [0.25, 0.3) is 0 Å². The lowest BCUT2D eigenvalue weighted by molar-refractivity contribution is -0.128. The third-order valence-corrected chi connectivity index (χ3v) is 6.44. The molecule has 0 heterocycles. The van der Waals surface area contributed by atoms with Crippen LogP contribution in [0.2, 0.25) is 0 Å². The number of carbonyl (C=O) groups excluding carboxylic acids is 1. The van der Waals surface area contributed by atoms with Gasteiger partial charge in [0, 0.05) is 18.3 Å². The van der Waals surface area contributed by atoms with E-state index in [9.17, 15) is 9.90 Å². The molecule has 0 saturated heterocycles. The summed E-state index contributed by atoms with van der Waals surface area (Å²) in [7, 11) is 0. The van der Waals surface area contributed by atoms with Crippen LogP contribution in [-0.2, 0) is 4.79 Å². The molecule has 2 nitrogen and oxygen atoms in total. The topological polar surface area (TPSA) is 37.3 Å². The first-order chi connectivity index (χ1) is 9.91. The molecule has 116 valence electrons. The number of carbonyl (C=O) groups is 1. The molecule has 0 aliphatic heterocycles. The maximum atomic E-state index is 12.7. The van der Waals surface area contributed by atoms with Gasteiger partial charge in [-0.3, -0.25) is 4.79 Å². The van der Waals surface area contributed by atoms with Crippen LogP contribution in [0.1, 0.15) is 52.9 Å². The van der Waals surface area contributed by atoms with Gasteiger partial charge < -0.3 is 5.11 Å². The first-order valence-corrected chi connectivity index (χ1v) is 8.47. The molecule has 2 heteroatoms. The van der Waals surface area contributed by atoms with E-state index in [4.69, 9.17) is 0 Å². The van der Waals surface area contributed by atoms with E-state index < -0.39 is 0 Å².